The number of carbonyl (C=O) groups excluding carboxylic acids is 1. The summed E-state index contributed by atoms with van der Waals surface area (Å²) in [5.74, 6) is 0.132. The number of nitrogens with zero attached hydrogens (tertiary/aromatic N) is 1. The molecule has 0 aliphatic carbocycles. The first-order valence-corrected chi connectivity index (χ1v) is 8.61. The molecule has 0 spiro atoms. The third-order valence-electron chi connectivity index (χ3n) is 6.10. The fourth-order valence-electron chi connectivity index (χ4n) is 4.73. The van der Waals surface area contributed by atoms with Crippen LogP contribution in [-0.2, 0) is 0 Å². The van der Waals surface area contributed by atoms with Crippen molar-refractivity contribution < 1.29 is 9.90 Å². The van der Waals surface area contributed by atoms with Gasteiger partial charge >= 0.3 is 0 Å². The van der Waals surface area contributed by atoms with Crippen molar-refractivity contribution in [3.63, 3.8) is 0 Å². The Balaban J connectivity index is 1.68. The van der Waals surface area contributed by atoms with Gasteiger partial charge in [0.25, 0.3) is 5.91 Å². The third-order valence-corrected chi connectivity index (χ3v) is 6.10. The van der Waals surface area contributed by atoms with Crippen LogP contribution in [0.2, 0.25) is 0 Å². The quantitative estimate of drug-likeness (QED) is 0.941. The summed E-state index contributed by atoms with van der Waals surface area (Å²) in [5, 5.41) is 12.2. The molecule has 23 heavy (non-hydrogen) atoms. The van der Waals surface area contributed by atoms with Crippen molar-refractivity contribution >= 4 is 16.7 Å². The second-order valence-electron chi connectivity index (χ2n) is 7.10. The van der Waals surface area contributed by atoms with Gasteiger partial charge < -0.3 is 10.0 Å². The predicted octanol–water partition coefficient (Wildman–Crippen LogP) is 3.61. The van der Waals surface area contributed by atoms with Crippen molar-refractivity contribution in [1.29, 1.82) is 0 Å². The summed E-state index contributed by atoms with van der Waals surface area (Å²) < 4.78 is 0. The molecule has 2 heterocycles. The lowest BCUT2D eigenvalue weighted by molar-refractivity contribution is 0.0557. The Hall–Kier alpha value is -1.87. The molecule has 3 heteroatoms. The van der Waals surface area contributed by atoms with Gasteiger partial charge in [0.1, 0.15) is 0 Å². The molecular weight excluding hydrogens is 286 g/mol. The van der Waals surface area contributed by atoms with E-state index in [1.807, 2.05) is 30.3 Å². The van der Waals surface area contributed by atoms with Crippen LogP contribution >= 0.6 is 0 Å². The molecule has 0 aromatic heterocycles. The number of carbonyl (C=O) groups is 1. The summed E-state index contributed by atoms with van der Waals surface area (Å²) in [7, 11) is 0. The Bertz CT molecular complexity index is 750. The Morgan fingerprint density at radius 2 is 2.00 bits per heavy atom. The minimum Gasteiger partial charge on any atom is -0.396 e. The Kier molecular flexibility index (Phi) is 3.42. The molecule has 3 nitrogen and oxygen atoms in total. The molecule has 1 amide bonds. The minimum absolute atomic E-state index is 0.0879. The smallest absolute Gasteiger partial charge is 0.254 e. The molecule has 0 radical (unpaired) electrons. The van der Waals surface area contributed by atoms with Gasteiger partial charge in [0.05, 0.1) is 6.61 Å². The maximum absolute atomic E-state index is 13.1. The van der Waals surface area contributed by atoms with Gasteiger partial charge in [-0.1, -0.05) is 37.3 Å². The molecule has 4 rings (SSSR count). The first kappa shape index (κ1) is 14.7. The van der Waals surface area contributed by atoms with Gasteiger partial charge in [-0.05, 0) is 48.6 Å². The summed E-state index contributed by atoms with van der Waals surface area (Å²) in [6, 6.07) is 14.6. The standard InChI is InChI=1S/C20H23NO2/c1-2-20(13-22)12-17-9-10-18(20)21(17)19(23)16-8-7-14-5-3-4-6-15(14)11-16/h3-8,11,17-18,22H,2,9-10,12-13H2,1H3/t17-,18+,20-/m0/s1. The molecule has 2 aromatic carbocycles. The second kappa shape index (κ2) is 5.34. The number of rotatable bonds is 3. The number of amides is 1. The third kappa shape index (κ3) is 2.10. The second-order valence-corrected chi connectivity index (χ2v) is 7.10. The number of aliphatic hydroxyl groups excluding tert-OH is 1. The van der Waals surface area contributed by atoms with E-state index in [2.05, 4.69) is 24.0 Å². The van der Waals surface area contributed by atoms with Crippen LogP contribution in [0.1, 0.15) is 43.0 Å². The number of hydrogen-bond donors (Lipinski definition) is 1. The van der Waals surface area contributed by atoms with E-state index >= 15 is 0 Å². The van der Waals surface area contributed by atoms with Gasteiger partial charge in [0.2, 0.25) is 0 Å². The zero-order chi connectivity index (χ0) is 16.0. The lowest BCUT2D eigenvalue weighted by atomic mass is 9.72. The van der Waals surface area contributed by atoms with Crippen LogP contribution in [-0.4, -0.2) is 34.6 Å². The SMILES string of the molecule is CC[C@@]1(CO)C[C@@H]2CC[C@H]1N2C(=O)c1ccc2ccccc2c1. The van der Waals surface area contributed by atoms with Gasteiger partial charge in [-0.2, -0.15) is 0 Å². The zero-order valence-corrected chi connectivity index (χ0v) is 13.5. The highest BCUT2D eigenvalue weighted by Gasteiger charge is 2.56. The lowest BCUT2D eigenvalue weighted by Gasteiger charge is -2.34. The van der Waals surface area contributed by atoms with E-state index in [0.29, 0.717) is 6.04 Å². The molecule has 2 aliphatic heterocycles. The van der Waals surface area contributed by atoms with Gasteiger partial charge in [0.15, 0.2) is 0 Å². The predicted molar refractivity (Wildman–Crippen MR) is 91.4 cm³/mol. The molecule has 2 aromatic rings. The summed E-state index contributed by atoms with van der Waals surface area (Å²) in [4.78, 5) is 15.2. The zero-order valence-electron chi connectivity index (χ0n) is 13.5. The van der Waals surface area contributed by atoms with Gasteiger partial charge in [-0.15, -0.1) is 0 Å². The highest BCUT2D eigenvalue weighted by Crippen LogP contribution is 2.51. The minimum atomic E-state index is -0.0879. The van der Waals surface area contributed by atoms with Crippen LogP contribution in [0.5, 0.6) is 0 Å². The van der Waals surface area contributed by atoms with Crippen LogP contribution in [0, 0.1) is 5.41 Å². The lowest BCUT2D eigenvalue weighted by Crippen LogP contribution is -2.42. The summed E-state index contributed by atoms with van der Waals surface area (Å²) in [6.45, 7) is 2.32. The van der Waals surface area contributed by atoms with E-state index in [4.69, 9.17) is 0 Å². The van der Waals surface area contributed by atoms with Crippen molar-refractivity contribution in [2.24, 2.45) is 5.41 Å². The van der Waals surface area contributed by atoms with Crippen molar-refractivity contribution in [1.82, 2.24) is 4.90 Å². The monoisotopic (exact) mass is 309 g/mol. The molecular formula is C20H23NO2. The molecule has 2 bridgehead atoms. The Labute approximate surface area is 136 Å². The van der Waals surface area contributed by atoms with Crippen LogP contribution in [0.4, 0.5) is 0 Å². The molecule has 2 fully saturated rings. The highest BCUT2D eigenvalue weighted by atomic mass is 16.3. The summed E-state index contributed by atoms with van der Waals surface area (Å²) in [6.07, 6.45) is 3.99. The van der Waals surface area contributed by atoms with Crippen molar-refractivity contribution in [3.8, 4) is 0 Å². The normalized spacial score (nSPS) is 29.4. The van der Waals surface area contributed by atoms with Gasteiger partial charge in [-0.25, -0.2) is 0 Å². The number of fused-ring (bicyclic) bond motifs is 3. The molecule has 120 valence electrons. The first-order valence-electron chi connectivity index (χ1n) is 8.61. The Morgan fingerprint density at radius 1 is 1.22 bits per heavy atom. The summed E-state index contributed by atoms with van der Waals surface area (Å²) >= 11 is 0. The topological polar surface area (TPSA) is 40.5 Å². The molecule has 0 saturated carbocycles. The van der Waals surface area contributed by atoms with Gasteiger partial charge in [-0.3, -0.25) is 4.79 Å². The number of benzene rings is 2. The maximum atomic E-state index is 13.1. The Morgan fingerprint density at radius 3 is 2.70 bits per heavy atom. The van der Waals surface area contributed by atoms with Crippen LogP contribution in [0.15, 0.2) is 42.5 Å². The van der Waals surface area contributed by atoms with E-state index in [0.717, 1.165) is 42.0 Å². The molecule has 0 unspecified atom stereocenters. The van der Waals surface area contributed by atoms with E-state index in [1.165, 1.54) is 0 Å². The van der Waals surface area contributed by atoms with Crippen molar-refractivity contribution in [2.45, 2.75) is 44.7 Å². The maximum Gasteiger partial charge on any atom is 0.254 e. The molecule has 3 atom stereocenters. The number of hydrogen-bond acceptors (Lipinski definition) is 2. The number of aliphatic hydroxyl groups is 1. The highest BCUT2D eigenvalue weighted by molar-refractivity contribution is 5.99. The van der Waals surface area contributed by atoms with Crippen LogP contribution in [0.3, 0.4) is 0 Å². The van der Waals surface area contributed by atoms with Gasteiger partial charge in [0, 0.05) is 23.1 Å². The summed E-state index contributed by atoms with van der Waals surface area (Å²) in [5.41, 5.74) is 0.681. The van der Waals surface area contributed by atoms with Crippen molar-refractivity contribution in [2.75, 3.05) is 6.61 Å². The van der Waals surface area contributed by atoms with E-state index < -0.39 is 0 Å². The molecule has 1 N–H and O–H groups in total. The average molecular weight is 309 g/mol. The largest absolute Gasteiger partial charge is 0.396 e. The van der Waals surface area contributed by atoms with E-state index in [9.17, 15) is 9.90 Å². The van der Waals surface area contributed by atoms with Crippen molar-refractivity contribution in [3.05, 3.63) is 48.0 Å². The fourth-order valence-corrected chi connectivity index (χ4v) is 4.73. The first-order chi connectivity index (χ1) is 11.2. The molecule has 2 aliphatic rings. The molecule has 2 saturated heterocycles. The van der Waals surface area contributed by atoms with E-state index in [1.54, 1.807) is 0 Å². The van der Waals surface area contributed by atoms with Crippen LogP contribution in [0.25, 0.3) is 10.8 Å². The van der Waals surface area contributed by atoms with E-state index in [-0.39, 0.29) is 24.0 Å². The van der Waals surface area contributed by atoms with Crippen LogP contribution < -0.4 is 0 Å². The fraction of sp³-hybridized carbons (Fsp3) is 0.450. The average Bonchev–Trinajstić information content (AvgIpc) is 3.16.